The summed E-state index contributed by atoms with van der Waals surface area (Å²) in [4.78, 5) is 13.6. The summed E-state index contributed by atoms with van der Waals surface area (Å²) in [6.45, 7) is 2.87. The van der Waals surface area contributed by atoms with Gasteiger partial charge in [0.15, 0.2) is 0 Å². The van der Waals surface area contributed by atoms with Gasteiger partial charge in [0.05, 0.1) is 18.2 Å². The highest BCUT2D eigenvalue weighted by molar-refractivity contribution is 5.81. The van der Waals surface area contributed by atoms with Gasteiger partial charge in [-0.2, -0.15) is 5.10 Å². The molecule has 1 aromatic rings. The monoisotopic (exact) mass is 238 g/mol. The molecule has 1 saturated heterocycles. The lowest BCUT2D eigenvalue weighted by Gasteiger charge is -2.18. The van der Waals surface area contributed by atoms with Crippen LogP contribution in [-0.4, -0.2) is 52.9 Å². The second kappa shape index (κ2) is 4.85. The van der Waals surface area contributed by atoms with Crippen LogP contribution >= 0.6 is 0 Å². The molecule has 1 aliphatic rings. The third-order valence-electron chi connectivity index (χ3n) is 3.11. The van der Waals surface area contributed by atoms with Crippen LogP contribution in [0.2, 0.25) is 0 Å². The van der Waals surface area contributed by atoms with Gasteiger partial charge in [0.1, 0.15) is 0 Å². The van der Waals surface area contributed by atoms with E-state index in [1.54, 1.807) is 25.1 Å². The van der Waals surface area contributed by atoms with E-state index in [4.69, 9.17) is 10.5 Å². The zero-order chi connectivity index (χ0) is 12.4. The Balaban J connectivity index is 2.11. The van der Waals surface area contributed by atoms with E-state index in [9.17, 15) is 4.79 Å². The molecule has 0 saturated carbocycles. The van der Waals surface area contributed by atoms with Crippen LogP contribution in [-0.2, 0) is 9.53 Å². The van der Waals surface area contributed by atoms with E-state index in [0.29, 0.717) is 13.1 Å². The van der Waals surface area contributed by atoms with Crippen molar-refractivity contribution in [2.24, 2.45) is 5.73 Å². The molecule has 2 rings (SSSR count). The van der Waals surface area contributed by atoms with Gasteiger partial charge < -0.3 is 15.4 Å². The Bertz CT molecular complexity index is 377. The van der Waals surface area contributed by atoms with Crippen LogP contribution in [0.15, 0.2) is 18.5 Å². The van der Waals surface area contributed by atoms with Gasteiger partial charge in [0.25, 0.3) is 0 Å². The molecule has 0 unspecified atom stereocenters. The minimum Gasteiger partial charge on any atom is -0.377 e. The largest absolute Gasteiger partial charge is 0.377 e. The number of aromatic nitrogens is 2. The average Bonchev–Trinajstić information content (AvgIpc) is 2.95. The molecule has 6 nitrogen and oxygen atoms in total. The highest BCUT2D eigenvalue weighted by atomic mass is 16.5. The second-order valence-corrected chi connectivity index (χ2v) is 4.36. The normalized spacial score (nSPS) is 26.2. The molecule has 94 valence electrons. The van der Waals surface area contributed by atoms with Crippen LogP contribution in [0.1, 0.15) is 13.0 Å². The van der Waals surface area contributed by atoms with Gasteiger partial charge in [0.2, 0.25) is 5.91 Å². The van der Waals surface area contributed by atoms with Crippen LogP contribution in [0, 0.1) is 0 Å². The number of hydrogen-bond acceptors (Lipinski definition) is 4. The Morgan fingerprint density at radius 1 is 1.59 bits per heavy atom. The molecule has 0 radical (unpaired) electrons. The van der Waals surface area contributed by atoms with Gasteiger partial charge in [-0.25, -0.2) is 0 Å². The number of rotatable bonds is 3. The third-order valence-corrected chi connectivity index (χ3v) is 3.11. The molecule has 0 aliphatic carbocycles. The number of ether oxygens (including phenoxy) is 1. The van der Waals surface area contributed by atoms with E-state index in [1.807, 2.05) is 16.9 Å². The minimum atomic E-state index is -0.469. The maximum Gasteiger partial charge on any atom is 0.239 e. The van der Waals surface area contributed by atoms with E-state index >= 15 is 0 Å². The predicted molar refractivity (Wildman–Crippen MR) is 62.3 cm³/mol. The fraction of sp³-hybridized carbons (Fsp3) is 0.636. The van der Waals surface area contributed by atoms with Crippen molar-refractivity contribution in [2.45, 2.75) is 25.1 Å². The molecule has 1 aromatic heterocycles. The fourth-order valence-electron chi connectivity index (χ4n) is 2.19. The molecule has 0 aromatic carbocycles. The van der Waals surface area contributed by atoms with Gasteiger partial charge in [-0.1, -0.05) is 0 Å². The lowest BCUT2D eigenvalue weighted by molar-refractivity contribution is -0.131. The van der Waals surface area contributed by atoms with Crippen molar-refractivity contribution in [3.63, 3.8) is 0 Å². The Labute approximate surface area is 100 Å². The fourth-order valence-corrected chi connectivity index (χ4v) is 2.19. The first kappa shape index (κ1) is 12.1. The average molecular weight is 238 g/mol. The number of carbonyl (C=O) groups is 1. The summed E-state index contributed by atoms with van der Waals surface area (Å²) < 4.78 is 7.25. The van der Waals surface area contributed by atoms with Gasteiger partial charge in [0, 0.05) is 32.6 Å². The molecule has 3 atom stereocenters. The van der Waals surface area contributed by atoms with Crippen LogP contribution in [0.5, 0.6) is 0 Å². The molecule has 1 fully saturated rings. The van der Waals surface area contributed by atoms with E-state index < -0.39 is 6.04 Å². The summed E-state index contributed by atoms with van der Waals surface area (Å²) in [5.74, 6) is -0.0401. The molecule has 1 aliphatic heterocycles. The molecule has 0 spiro atoms. The number of likely N-dealkylation sites (tertiary alicyclic amines) is 1. The van der Waals surface area contributed by atoms with Crippen molar-refractivity contribution in [2.75, 3.05) is 20.2 Å². The Kier molecular flexibility index (Phi) is 3.44. The van der Waals surface area contributed by atoms with Crippen LogP contribution in [0.3, 0.4) is 0 Å². The van der Waals surface area contributed by atoms with E-state index in [2.05, 4.69) is 5.10 Å². The highest BCUT2D eigenvalue weighted by Crippen LogP contribution is 2.24. The second-order valence-electron chi connectivity index (χ2n) is 4.36. The highest BCUT2D eigenvalue weighted by Gasteiger charge is 2.37. The van der Waals surface area contributed by atoms with Crippen molar-refractivity contribution in [1.82, 2.24) is 14.7 Å². The Hall–Kier alpha value is -1.40. The maximum absolute atomic E-state index is 11.8. The standard InChI is InChI=1S/C11H18N4O2/c1-8(12)11(16)14-6-9(10(7-14)17-2)15-5-3-4-13-15/h3-5,8-10H,6-7,12H2,1-2H3/t8-,9+,10+/m0/s1. The Morgan fingerprint density at radius 2 is 2.35 bits per heavy atom. The lowest BCUT2D eigenvalue weighted by atomic mass is 10.2. The van der Waals surface area contributed by atoms with Crippen molar-refractivity contribution in [3.8, 4) is 0 Å². The molecule has 1 amide bonds. The van der Waals surface area contributed by atoms with E-state index in [0.717, 1.165) is 0 Å². The van der Waals surface area contributed by atoms with Crippen molar-refractivity contribution >= 4 is 5.91 Å². The summed E-state index contributed by atoms with van der Waals surface area (Å²) in [6.07, 6.45) is 3.58. The predicted octanol–water partition coefficient (Wildman–Crippen LogP) is -0.371. The summed E-state index contributed by atoms with van der Waals surface area (Å²) in [5, 5.41) is 4.20. The third kappa shape index (κ3) is 2.32. The zero-order valence-corrected chi connectivity index (χ0v) is 10.1. The molecule has 0 bridgehead atoms. The molecule has 2 N–H and O–H groups in total. The molecule has 6 heteroatoms. The summed E-state index contributed by atoms with van der Waals surface area (Å²) >= 11 is 0. The number of amides is 1. The van der Waals surface area contributed by atoms with Gasteiger partial charge >= 0.3 is 0 Å². The van der Waals surface area contributed by atoms with Gasteiger partial charge in [-0.05, 0) is 13.0 Å². The minimum absolute atomic E-state index is 0.0300. The van der Waals surface area contributed by atoms with Gasteiger partial charge in [-0.3, -0.25) is 9.48 Å². The molecular formula is C11H18N4O2. The number of nitrogens with zero attached hydrogens (tertiary/aromatic N) is 3. The maximum atomic E-state index is 11.8. The first-order valence-corrected chi connectivity index (χ1v) is 5.69. The quantitative estimate of drug-likeness (QED) is 0.779. The number of nitrogens with two attached hydrogens (primary N) is 1. The topological polar surface area (TPSA) is 73.4 Å². The van der Waals surface area contributed by atoms with Crippen molar-refractivity contribution < 1.29 is 9.53 Å². The van der Waals surface area contributed by atoms with Crippen molar-refractivity contribution in [1.29, 1.82) is 0 Å². The van der Waals surface area contributed by atoms with Crippen molar-refractivity contribution in [3.05, 3.63) is 18.5 Å². The molecular weight excluding hydrogens is 220 g/mol. The van der Waals surface area contributed by atoms with E-state index in [1.165, 1.54) is 0 Å². The van der Waals surface area contributed by atoms with E-state index in [-0.39, 0.29) is 18.1 Å². The first-order valence-electron chi connectivity index (χ1n) is 5.69. The SMILES string of the molecule is CO[C@@H]1CN(C(=O)[C@H](C)N)C[C@H]1n1cccn1. The summed E-state index contributed by atoms with van der Waals surface area (Å²) in [6, 6.07) is 1.46. The van der Waals surface area contributed by atoms with Crippen LogP contribution in [0.4, 0.5) is 0 Å². The van der Waals surface area contributed by atoms with Gasteiger partial charge in [-0.15, -0.1) is 0 Å². The number of carbonyl (C=O) groups excluding carboxylic acids is 1. The number of methoxy groups -OCH3 is 1. The van der Waals surface area contributed by atoms with Crippen LogP contribution in [0.25, 0.3) is 0 Å². The number of hydrogen-bond donors (Lipinski definition) is 1. The smallest absolute Gasteiger partial charge is 0.239 e. The Morgan fingerprint density at radius 3 is 2.88 bits per heavy atom. The lowest BCUT2D eigenvalue weighted by Crippen LogP contribution is -2.41. The molecule has 17 heavy (non-hydrogen) atoms. The summed E-state index contributed by atoms with van der Waals surface area (Å²) in [7, 11) is 1.65. The molecule has 2 heterocycles. The summed E-state index contributed by atoms with van der Waals surface area (Å²) in [5.41, 5.74) is 5.61. The zero-order valence-electron chi connectivity index (χ0n) is 10.1. The first-order chi connectivity index (χ1) is 8.13. The van der Waals surface area contributed by atoms with Crippen LogP contribution < -0.4 is 5.73 Å².